The minimum absolute atomic E-state index is 0.0140. The van der Waals surface area contributed by atoms with E-state index in [1.165, 1.54) is 30.3 Å². The number of alkyl halides is 3. The smallest absolute Gasteiger partial charge is 0.406 e. The van der Waals surface area contributed by atoms with Crippen LogP contribution in [0.1, 0.15) is 16.8 Å². The molecular formula is C20H13F3N2O3S. The molecule has 4 rings (SSSR count). The van der Waals surface area contributed by atoms with E-state index in [9.17, 15) is 23.3 Å². The molecule has 0 bridgehead atoms. The molecule has 0 N–H and O–H groups in total. The summed E-state index contributed by atoms with van der Waals surface area (Å²) in [7, 11) is 0. The summed E-state index contributed by atoms with van der Waals surface area (Å²) in [4.78, 5) is 15.8. The number of ether oxygens (including phenoxy) is 1. The Bertz CT molecular complexity index is 1130. The van der Waals surface area contributed by atoms with Gasteiger partial charge in [-0.1, -0.05) is 6.08 Å². The molecule has 29 heavy (non-hydrogen) atoms. The van der Waals surface area contributed by atoms with Gasteiger partial charge >= 0.3 is 6.36 Å². The molecule has 1 aliphatic rings. The lowest BCUT2D eigenvalue weighted by Crippen LogP contribution is -2.17. The van der Waals surface area contributed by atoms with Gasteiger partial charge in [0.25, 0.3) is 5.69 Å². The number of non-ortho nitro benzene ring substituents is 1. The lowest BCUT2D eigenvalue weighted by atomic mass is 10.1. The van der Waals surface area contributed by atoms with Crippen LogP contribution >= 0.6 is 11.8 Å². The van der Waals surface area contributed by atoms with E-state index in [2.05, 4.69) is 9.72 Å². The SMILES string of the molecule is O=[N+]([O-])c1ccc(C=Cc2nc3ccc(OC(F)(F)F)cc3c3c2CCS3)cc1. The van der Waals surface area contributed by atoms with Crippen LogP contribution in [0.3, 0.4) is 0 Å². The number of thioether (sulfide) groups is 1. The molecule has 3 aromatic rings. The highest BCUT2D eigenvalue weighted by Gasteiger charge is 2.31. The minimum Gasteiger partial charge on any atom is -0.406 e. The number of pyridine rings is 1. The van der Waals surface area contributed by atoms with E-state index in [0.717, 1.165) is 33.9 Å². The monoisotopic (exact) mass is 418 g/mol. The van der Waals surface area contributed by atoms with Gasteiger partial charge in [0.2, 0.25) is 0 Å². The Morgan fingerprint density at radius 2 is 1.90 bits per heavy atom. The number of fused-ring (bicyclic) bond motifs is 3. The van der Waals surface area contributed by atoms with Gasteiger partial charge < -0.3 is 4.74 Å². The van der Waals surface area contributed by atoms with Gasteiger partial charge in [-0.15, -0.1) is 24.9 Å². The number of benzene rings is 2. The molecule has 2 aromatic carbocycles. The Hall–Kier alpha value is -3.07. The van der Waals surface area contributed by atoms with Crippen molar-refractivity contribution in [1.29, 1.82) is 0 Å². The number of aromatic nitrogens is 1. The maximum Gasteiger partial charge on any atom is 0.573 e. The molecule has 1 aromatic heterocycles. The largest absolute Gasteiger partial charge is 0.573 e. The molecule has 0 radical (unpaired) electrons. The second kappa shape index (κ2) is 7.40. The molecule has 0 saturated heterocycles. The third-order valence-electron chi connectivity index (χ3n) is 4.41. The summed E-state index contributed by atoms with van der Waals surface area (Å²) in [6.07, 6.45) is -0.355. The standard InChI is InChI=1S/C20H13F3N2O3S/c21-20(22,23)28-14-6-8-18-16(11-14)19-15(9-10-29-19)17(24-18)7-3-12-1-4-13(5-2-12)25(26)27/h1-8,11H,9-10H2. The summed E-state index contributed by atoms with van der Waals surface area (Å²) in [5.74, 6) is 0.550. The fourth-order valence-electron chi connectivity index (χ4n) is 3.15. The van der Waals surface area contributed by atoms with Crippen molar-refractivity contribution in [2.45, 2.75) is 17.7 Å². The number of hydrogen-bond donors (Lipinski definition) is 0. The predicted octanol–water partition coefficient (Wildman–Crippen LogP) is 5.86. The van der Waals surface area contributed by atoms with Crippen molar-refractivity contribution in [1.82, 2.24) is 4.98 Å². The average molecular weight is 418 g/mol. The molecule has 148 valence electrons. The van der Waals surface area contributed by atoms with E-state index < -0.39 is 11.3 Å². The first-order chi connectivity index (χ1) is 13.8. The molecular weight excluding hydrogens is 405 g/mol. The van der Waals surface area contributed by atoms with Gasteiger partial charge in [0.15, 0.2) is 0 Å². The van der Waals surface area contributed by atoms with Crippen molar-refractivity contribution in [3.8, 4) is 5.75 Å². The van der Waals surface area contributed by atoms with Crippen molar-refractivity contribution in [3.63, 3.8) is 0 Å². The normalized spacial score (nSPS) is 13.8. The highest BCUT2D eigenvalue weighted by atomic mass is 32.2. The van der Waals surface area contributed by atoms with Crippen LogP contribution in [0.5, 0.6) is 5.75 Å². The zero-order valence-corrected chi connectivity index (χ0v) is 15.6. The molecule has 0 unspecified atom stereocenters. The lowest BCUT2D eigenvalue weighted by Gasteiger charge is -2.12. The minimum atomic E-state index is -4.75. The number of nitro groups is 1. The summed E-state index contributed by atoms with van der Waals surface area (Å²) in [6.45, 7) is 0. The van der Waals surface area contributed by atoms with Crippen LogP contribution < -0.4 is 4.74 Å². The highest BCUT2D eigenvalue weighted by molar-refractivity contribution is 7.99. The Kier molecular flexibility index (Phi) is 4.91. The Morgan fingerprint density at radius 3 is 2.59 bits per heavy atom. The molecule has 2 heterocycles. The van der Waals surface area contributed by atoms with Crippen LogP contribution in [-0.4, -0.2) is 22.0 Å². The second-order valence-electron chi connectivity index (χ2n) is 6.31. The van der Waals surface area contributed by atoms with Crippen molar-refractivity contribution in [2.75, 3.05) is 5.75 Å². The fourth-order valence-corrected chi connectivity index (χ4v) is 4.36. The van der Waals surface area contributed by atoms with Gasteiger partial charge in [0.1, 0.15) is 5.75 Å². The van der Waals surface area contributed by atoms with E-state index in [1.54, 1.807) is 23.9 Å². The first-order valence-corrected chi connectivity index (χ1v) is 9.56. The van der Waals surface area contributed by atoms with E-state index in [-0.39, 0.29) is 11.4 Å². The van der Waals surface area contributed by atoms with E-state index in [0.29, 0.717) is 10.9 Å². The Labute approximate surface area is 167 Å². The average Bonchev–Trinajstić information content (AvgIpc) is 3.16. The van der Waals surface area contributed by atoms with Gasteiger partial charge in [-0.05, 0) is 54.0 Å². The third-order valence-corrected chi connectivity index (χ3v) is 5.57. The van der Waals surface area contributed by atoms with Crippen LogP contribution in [0.25, 0.3) is 23.1 Å². The van der Waals surface area contributed by atoms with Gasteiger partial charge in [-0.2, -0.15) is 0 Å². The zero-order chi connectivity index (χ0) is 20.6. The van der Waals surface area contributed by atoms with Crippen LogP contribution in [0.15, 0.2) is 47.4 Å². The molecule has 0 aliphatic carbocycles. The molecule has 1 aliphatic heterocycles. The Morgan fingerprint density at radius 1 is 1.14 bits per heavy atom. The maximum absolute atomic E-state index is 12.5. The molecule has 5 nitrogen and oxygen atoms in total. The van der Waals surface area contributed by atoms with Gasteiger partial charge in [-0.25, -0.2) is 4.98 Å². The number of hydrogen-bond acceptors (Lipinski definition) is 5. The van der Waals surface area contributed by atoms with Crippen molar-refractivity contribution in [2.24, 2.45) is 0 Å². The summed E-state index contributed by atoms with van der Waals surface area (Å²) < 4.78 is 41.6. The van der Waals surface area contributed by atoms with Crippen LogP contribution in [0.2, 0.25) is 0 Å². The van der Waals surface area contributed by atoms with Crippen molar-refractivity contribution < 1.29 is 22.8 Å². The van der Waals surface area contributed by atoms with E-state index in [1.807, 2.05) is 12.2 Å². The first kappa shape index (κ1) is 19.3. The first-order valence-electron chi connectivity index (χ1n) is 8.58. The molecule has 0 atom stereocenters. The van der Waals surface area contributed by atoms with Gasteiger partial charge in [0, 0.05) is 28.2 Å². The Balaban J connectivity index is 1.70. The van der Waals surface area contributed by atoms with Crippen molar-refractivity contribution in [3.05, 3.63) is 69.4 Å². The van der Waals surface area contributed by atoms with Gasteiger partial charge in [0.05, 0.1) is 16.1 Å². The second-order valence-corrected chi connectivity index (χ2v) is 7.42. The topological polar surface area (TPSA) is 65.3 Å². The highest BCUT2D eigenvalue weighted by Crippen LogP contribution is 2.40. The number of rotatable bonds is 4. The summed E-state index contributed by atoms with van der Waals surface area (Å²) in [5, 5.41) is 11.4. The lowest BCUT2D eigenvalue weighted by molar-refractivity contribution is -0.384. The third kappa shape index (κ3) is 4.19. The summed E-state index contributed by atoms with van der Waals surface area (Å²) in [6, 6.07) is 10.3. The van der Waals surface area contributed by atoms with E-state index in [4.69, 9.17) is 0 Å². The molecule has 0 saturated carbocycles. The van der Waals surface area contributed by atoms with Crippen LogP contribution in [0, 0.1) is 10.1 Å². The number of nitrogens with zero attached hydrogens (tertiary/aromatic N) is 2. The van der Waals surface area contributed by atoms with Crippen LogP contribution in [0.4, 0.5) is 18.9 Å². The van der Waals surface area contributed by atoms with E-state index >= 15 is 0 Å². The predicted molar refractivity (Wildman–Crippen MR) is 105 cm³/mol. The number of nitro benzene ring substituents is 1. The van der Waals surface area contributed by atoms with Crippen molar-refractivity contribution >= 4 is 40.5 Å². The molecule has 0 spiro atoms. The summed E-state index contributed by atoms with van der Waals surface area (Å²) in [5.41, 5.74) is 3.09. The van der Waals surface area contributed by atoms with Gasteiger partial charge in [-0.3, -0.25) is 10.1 Å². The summed E-state index contributed by atoms with van der Waals surface area (Å²) >= 11 is 1.58. The number of halogens is 3. The maximum atomic E-state index is 12.5. The quantitative estimate of drug-likeness (QED) is 0.392. The molecule has 0 amide bonds. The van der Waals surface area contributed by atoms with Crippen LogP contribution in [-0.2, 0) is 6.42 Å². The molecule has 0 fully saturated rings. The fraction of sp³-hybridized carbons (Fsp3) is 0.150. The molecule has 9 heteroatoms. The zero-order valence-electron chi connectivity index (χ0n) is 14.8.